The zero-order chi connectivity index (χ0) is 18.9. The van der Waals surface area contributed by atoms with Crippen molar-refractivity contribution in [3.8, 4) is 11.8 Å². The van der Waals surface area contributed by atoms with Crippen LogP contribution in [-0.2, 0) is 4.79 Å². The summed E-state index contributed by atoms with van der Waals surface area (Å²) in [5.41, 5.74) is 2.81. The molecule has 2 aromatic carbocycles. The maximum atomic E-state index is 12.4. The van der Waals surface area contributed by atoms with E-state index in [-0.39, 0.29) is 12.5 Å². The van der Waals surface area contributed by atoms with Crippen molar-refractivity contribution in [1.29, 1.82) is 5.26 Å². The highest BCUT2D eigenvalue weighted by atomic mass is 16.5. The Bertz CT molecular complexity index is 831. The molecule has 1 fully saturated rings. The molecule has 0 bridgehead atoms. The van der Waals surface area contributed by atoms with Gasteiger partial charge in [-0.05, 0) is 55.2 Å². The van der Waals surface area contributed by atoms with Crippen LogP contribution in [0.25, 0.3) is 6.08 Å². The lowest BCUT2D eigenvalue weighted by atomic mass is 10.1. The van der Waals surface area contributed by atoms with E-state index in [1.54, 1.807) is 18.2 Å². The standard InChI is InChI=1S/C22H23N3O2/c23-14-17-27-19-11-8-18(9-12-19)10-13-22(26)24-20-6-2-3-7-21(20)25-15-4-1-5-16-25/h2-3,6-13H,1,4-5,15-17H2,(H,24,26)/b13-10+. The number of rotatable bonds is 6. The molecular weight excluding hydrogens is 338 g/mol. The molecule has 0 aliphatic carbocycles. The summed E-state index contributed by atoms with van der Waals surface area (Å²) in [7, 11) is 0. The summed E-state index contributed by atoms with van der Waals surface area (Å²) < 4.78 is 5.22. The summed E-state index contributed by atoms with van der Waals surface area (Å²) in [6, 6.07) is 17.1. The summed E-state index contributed by atoms with van der Waals surface area (Å²) in [6.45, 7) is 2.08. The number of carbonyl (C=O) groups is 1. The molecule has 1 amide bonds. The van der Waals surface area contributed by atoms with Crippen LogP contribution in [-0.4, -0.2) is 25.6 Å². The fourth-order valence-corrected chi connectivity index (χ4v) is 3.13. The van der Waals surface area contributed by atoms with Gasteiger partial charge in [0.25, 0.3) is 0 Å². The van der Waals surface area contributed by atoms with Crippen molar-refractivity contribution < 1.29 is 9.53 Å². The molecule has 138 valence electrons. The Hall–Kier alpha value is -3.26. The summed E-state index contributed by atoms with van der Waals surface area (Å²) >= 11 is 0. The molecule has 0 aromatic heterocycles. The molecule has 1 N–H and O–H groups in total. The van der Waals surface area contributed by atoms with Crippen molar-refractivity contribution in [1.82, 2.24) is 0 Å². The number of hydrogen-bond acceptors (Lipinski definition) is 4. The molecule has 3 rings (SSSR count). The second-order valence-electron chi connectivity index (χ2n) is 6.40. The highest BCUT2D eigenvalue weighted by Gasteiger charge is 2.14. The van der Waals surface area contributed by atoms with Crippen LogP contribution in [0, 0.1) is 11.3 Å². The minimum atomic E-state index is -0.163. The second-order valence-corrected chi connectivity index (χ2v) is 6.40. The van der Waals surface area contributed by atoms with Gasteiger partial charge in [0.15, 0.2) is 6.61 Å². The SMILES string of the molecule is N#CCOc1ccc(/C=C/C(=O)Nc2ccccc2N2CCCCC2)cc1. The lowest BCUT2D eigenvalue weighted by molar-refractivity contribution is -0.111. The van der Waals surface area contributed by atoms with Crippen molar-refractivity contribution in [2.45, 2.75) is 19.3 Å². The van der Waals surface area contributed by atoms with Gasteiger partial charge in [-0.2, -0.15) is 5.26 Å². The first-order valence-corrected chi connectivity index (χ1v) is 9.19. The van der Waals surface area contributed by atoms with E-state index < -0.39 is 0 Å². The Morgan fingerprint density at radius 3 is 2.59 bits per heavy atom. The largest absolute Gasteiger partial charge is 0.479 e. The third kappa shape index (κ3) is 5.35. The fourth-order valence-electron chi connectivity index (χ4n) is 3.13. The van der Waals surface area contributed by atoms with Crippen LogP contribution in [0.5, 0.6) is 5.75 Å². The van der Waals surface area contributed by atoms with Crippen LogP contribution in [0.3, 0.4) is 0 Å². The molecule has 0 spiro atoms. The van der Waals surface area contributed by atoms with E-state index in [1.807, 2.05) is 36.4 Å². The van der Waals surface area contributed by atoms with E-state index in [2.05, 4.69) is 16.3 Å². The topological polar surface area (TPSA) is 65.4 Å². The number of nitrogens with zero attached hydrogens (tertiary/aromatic N) is 2. The monoisotopic (exact) mass is 361 g/mol. The minimum Gasteiger partial charge on any atom is -0.479 e. The van der Waals surface area contributed by atoms with E-state index in [9.17, 15) is 4.79 Å². The van der Waals surface area contributed by atoms with E-state index in [0.717, 1.165) is 30.0 Å². The van der Waals surface area contributed by atoms with Gasteiger partial charge in [0.2, 0.25) is 5.91 Å². The number of para-hydroxylation sites is 2. The van der Waals surface area contributed by atoms with Crippen molar-refractivity contribution in [3.63, 3.8) is 0 Å². The number of carbonyl (C=O) groups excluding carboxylic acids is 1. The van der Waals surface area contributed by atoms with E-state index in [0.29, 0.717) is 5.75 Å². The average Bonchev–Trinajstić information content (AvgIpc) is 2.72. The predicted molar refractivity (Wildman–Crippen MR) is 108 cm³/mol. The molecule has 0 atom stereocenters. The number of nitriles is 1. The summed E-state index contributed by atoms with van der Waals surface area (Å²) in [5.74, 6) is 0.470. The zero-order valence-corrected chi connectivity index (χ0v) is 15.2. The molecule has 1 aliphatic rings. The van der Waals surface area contributed by atoms with E-state index in [4.69, 9.17) is 10.00 Å². The molecular formula is C22H23N3O2. The highest BCUT2D eigenvalue weighted by Crippen LogP contribution is 2.28. The smallest absolute Gasteiger partial charge is 0.248 e. The minimum absolute atomic E-state index is 0.0218. The molecule has 5 nitrogen and oxygen atoms in total. The maximum Gasteiger partial charge on any atom is 0.248 e. The van der Waals surface area contributed by atoms with Crippen LogP contribution in [0.2, 0.25) is 0 Å². The molecule has 1 aliphatic heterocycles. The van der Waals surface area contributed by atoms with Gasteiger partial charge in [-0.25, -0.2) is 0 Å². The van der Waals surface area contributed by atoms with E-state index in [1.165, 1.54) is 25.3 Å². The van der Waals surface area contributed by atoms with Crippen LogP contribution >= 0.6 is 0 Å². The van der Waals surface area contributed by atoms with Crippen molar-refractivity contribution in [2.24, 2.45) is 0 Å². The van der Waals surface area contributed by atoms with Gasteiger partial charge in [-0.3, -0.25) is 4.79 Å². The molecule has 27 heavy (non-hydrogen) atoms. The zero-order valence-electron chi connectivity index (χ0n) is 15.2. The van der Waals surface area contributed by atoms with Gasteiger partial charge in [0.05, 0.1) is 11.4 Å². The quantitative estimate of drug-likeness (QED) is 0.782. The van der Waals surface area contributed by atoms with Gasteiger partial charge in [-0.1, -0.05) is 24.3 Å². The Balaban J connectivity index is 1.62. The number of benzene rings is 2. The first-order valence-electron chi connectivity index (χ1n) is 9.19. The van der Waals surface area contributed by atoms with Crippen LogP contribution < -0.4 is 15.0 Å². The van der Waals surface area contributed by atoms with Gasteiger partial charge in [0.1, 0.15) is 11.8 Å². The maximum absolute atomic E-state index is 12.4. The lowest BCUT2D eigenvalue weighted by Crippen LogP contribution is -2.30. The molecule has 5 heteroatoms. The van der Waals surface area contributed by atoms with Crippen LogP contribution in [0.1, 0.15) is 24.8 Å². The number of nitrogens with one attached hydrogen (secondary N) is 1. The Labute approximate surface area is 159 Å². The van der Waals surface area contributed by atoms with Crippen molar-refractivity contribution in [2.75, 3.05) is 29.9 Å². The normalized spacial score (nSPS) is 14.0. The molecule has 0 radical (unpaired) electrons. The van der Waals surface area contributed by atoms with Gasteiger partial charge < -0.3 is 15.0 Å². The first-order chi connectivity index (χ1) is 13.3. The lowest BCUT2D eigenvalue weighted by Gasteiger charge is -2.30. The Kier molecular flexibility index (Phi) is 6.48. The van der Waals surface area contributed by atoms with Crippen molar-refractivity contribution in [3.05, 3.63) is 60.2 Å². The third-order valence-electron chi connectivity index (χ3n) is 4.47. The third-order valence-corrected chi connectivity index (χ3v) is 4.47. The number of piperidine rings is 1. The number of hydrogen-bond donors (Lipinski definition) is 1. The Morgan fingerprint density at radius 2 is 1.85 bits per heavy atom. The van der Waals surface area contributed by atoms with Gasteiger partial charge in [0, 0.05) is 19.2 Å². The molecule has 1 saturated heterocycles. The average molecular weight is 361 g/mol. The van der Waals surface area contributed by atoms with Crippen LogP contribution in [0.15, 0.2) is 54.6 Å². The van der Waals surface area contributed by atoms with Gasteiger partial charge in [-0.15, -0.1) is 0 Å². The highest BCUT2D eigenvalue weighted by molar-refractivity contribution is 6.03. The van der Waals surface area contributed by atoms with Crippen LogP contribution in [0.4, 0.5) is 11.4 Å². The summed E-state index contributed by atoms with van der Waals surface area (Å²) in [6.07, 6.45) is 6.94. The molecule has 0 unspecified atom stereocenters. The second kappa shape index (κ2) is 9.44. The summed E-state index contributed by atoms with van der Waals surface area (Å²) in [4.78, 5) is 14.7. The number of anilines is 2. The number of amides is 1. The molecule has 2 aromatic rings. The van der Waals surface area contributed by atoms with E-state index >= 15 is 0 Å². The first kappa shape index (κ1) is 18.5. The van der Waals surface area contributed by atoms with Crippen molar-refractivity contribution >= 4 is 23.4 Å². The molecule has 1 heterocycles. The number of ether oxygens (including phenoxy) is 1. The predicted octanol–water partition coefficient (Wildman–Crippen LogP) is 4.23. The summed E-state index contributed by atoms with van der Waals surface area (Å²) in [5, 5.41) is 11.5. The molecule has 0 saturated carbocycles. The Morgan fingerprint density at radius 1 is 1.11 bits per heavy atom. The fraction of sp³-hybridized carbons (Fsp3) is 0.273. The van der Waals surface area contributed by atoms with Gasteiger partial charge >= 0.3 is 0 Å².